The summed E-state index contributed by atoms with van der Waals surface area (Å²) in [6.07, 6.45) is -0.691. The Morgan fingerprint density at radius 1 is 0.708 bits per heavy atom. The van der Waals surface area contributed by atoms with Gasteiger partial charge in [-0.15, -0.1) is 0 Å². The van der Waals surface area contributed by atoms with Crippen molar-refractivity contribution in [3.63, 3.8) is 0 Å². The molecule has 0 bridgehead atoms. The number of carbonyl (C=O) groups excluding carboxylic acids is 1. The van der Waals surface area contributed by atoms with Crippen LogP contribution in [0.1, 0.15) is 23.3 Å². The Bertz CT molecular complexity index is 846. The Morgan fingerprint density at radius 3 is 2.08 bits per heavy atom. The van der Waals surface area contributed by atoms with Crippen LogP contribution in [0.4, 0.5) is 4.79 Å². The quantitative estimate of drug-likeness (QED) is 0.748. The topological polar surface area (TPSA) is 38.3 Å². The predicted octanol–water partition coefficient (Wildman–Crippen LogP) is 4.88. The number of amides is 1. The van der Waals surface area contributed by atoms with Gasteiger partial charge in [0.1, 0.15) is 0 Å². The molecule has 1 fully saturated rings. The maximum Gasteiger partial charge on any atom is 0.408 e. The Hall–Kier alpha value is -3.07. The first-order chi connectivity index (χ1) is 11.8. The molecule has 2 atom stereocenters. The van der Waals surface area contributed by atoms with Crippen molar-refractivity contribution in [1.29, 1.82) is 0 Å². The lowest BCUT2D eigenvalue weighted by Crippen LogP contribution is -2.19. The highest BCUT2D eigenvalue weighted by Gasteiger charge is 2.36. The van der Waals surface area contributed by atoms with E-state index in [-0.39, 0.29) is 18.2 Å². The van der Waals surface area contributed by atoms with Crippen molar-refractivity contribution in [2.45, 2.75) is 12.1 Å². The molecule has 1 amide bonds. The van der Waals surface area contributed by atoms with Crippen molar-refractivity contribution in [2.24, 2.45) is 0 Å². The highest BCUT2D eigenvalue weighted by molar-refractivity contribution is 5.72. The zero-order chi connectivity index (χ0) is 16.4. The van der Waals surface area contributed by atoms with Gasteiger partial charge in [-0.25, -0.2) is 4.79 Å². The molecule has 3 heteroatoms. The minimum atomic E-state index is -0.376. The smallest absolute Gasteiger partial charge is 0.408 e. The normalized spacial score (nSPS) is 19.6. The van der Waals surface area contributed by atoms with E-state index >= 15 is 0 Å². The molecule has 118 valence electrons. The van der Waals surface area contributed by atoms with Crippen molar-refractivity contribution < 1.29 is 9.53 Å². The fourth-order valence-corrected chi connectivity index (χ4v) is 3.12. The summed E-state index contributed by atoms with van der Waals surface area (Å²) >= 11 is 0. The van der Waals surface area contributed by atoms with Crippen LogP contribution in [0.2, 0.25) is 0 Å². The van der Waals surface area contributed by atoms with Crippen LogP contribution in [0.3, 0.4) is 0 Å². The standard InChI is InChI=1S/C21H17NO2/c23-21-22-19(20(24-21)16-10-5-2-6-11-16)18-13-7-12-17(14-18)15-8-3-1-4-9-15/h1-14,19-20H,(H,22,23)/t19-,20+/m0/s1. The van der Waals surface area contributed by atoms with E-state index in [1.54, 1.807) is 0 Å². The highest BCUT2D eigenvalue weighted by Crippen LogP contribution is 2.37. The molecule has 3 aromatic rings. The van der Waals surface area contributed by atoms with Crippen LogP contribution in [0, 0.1) is 0 Å². The lowest BCUT2D eigenvalue weighted by Gasteiger charge is -2.18. The number of ether oxygens (including phenoxy) is 1. The van der Waals surface area contributed by atoms with E-state index in [2.05, 4.69) is 29.6 Å². The number of alkyl carbamates (subject to hydrolysis) is 1. The van der Waals surface area contributed by atoms with Gasteiger partial charge in [0, 0.05) is 0 Å². The molecule has 3 nitrogen and oxygen atoms in total. The van der Waals surface area contributed by atoms with Crippen molar-refractivity contribution in [3.05, 3.63) is 96.1 Å². The van der Waals surface area contributed by atoms with Crippen molar-refractivity contribution in [2.75, 3.05) is 0 Å². The molecule has 1 aliphatic rings. The van der Waals surface area contributed by atoms with E-state index in [0.717, 1.165) is 22.3 Å². The van der Waals surface area contributed by atoms with Gasteiger partial charge in [0.2, 0.25) is 0 Å². The molecule has 0 spiro atoms. The first-order valence-electron chi connectivity index (χ1n) is 7.99. The Balaban J connectivity index is 1.71. The third-order valence-corrected chi connectivity index (χ3v) is 4.29. The molecule has 0 unspecified atom stereocenters. The number of hydrogen-bond donors (Lipinski definition) is 1. The molecule has 24 heavy (non-hydrogen) atoms. The number of rotatable bonds is 3. The lowest BCUT2D eigenvalue weighted by atomic mass is 9.94. The Kier molecular flexibility index (Phi) is 3.75. The summed E-state index contributed by atoms with van der Waals surface area (Å²) in [5, 5.41) is 2.94. The highest BCUT2D eigenvalue weighted by atomic mass is 16.6. The van der Waals surface area contributed by atoms with E-state index in [9.17, 15) is 4.79 Å². The maximum absolute atomic E-state index is 11.8. The van der Waals surface area contributed by atoms with Crippen molar-refractivity contribution in [3.8, 4) is 11.1 Å². The van der Waals surface area contributed by atoms with Gasteiger partial charge in [-0.2, -0.15) is 0 Å². The molecule has 0 saturated carbocycles. The molecule has 1 heterocycles. The van der Waals surface area contributed by atoms with Crippen LogP contribution in [-0.2, 0) is 4.74 Å². The monoisotopic (exact) mass is 315 g/mol. The zero-order valence-corrected chi connectivity index (χ0v) is 13.1. The van der Waals surface area contributed by atoms with Crippen LogP contribution < -0.4 is 5.32 Å². The fourth-order valence-electron chi connectivity index (χ4n) is 3.12. The average molecular weight is 315 g/mol. The van der Waals surface area contributed by atoms with E-state index in [4.69, 9.17) is 4.74 Å². The number of nitrogens with one attached hydrogen (secondary N) is 1. The average Bonchev–Trinajstić information content (AvgIpc) is 3.05. The lowest BCUT2D eigenvalue weighted by molar-refractivity contribution is 0.132. The first-order valence-corrected chi connectivity index (χ1v) is 7.99. The second-order valence-corrected chi connectivity index (χ2v) is 5.85. The van der Waals surface area contributed by atoms with Gasteiger partial charge >= 0.3 is 6.09 Å². The molecule has 0 aliphatic carbocycles. The van der Waals surface area contributed by atoms with E-state index < -0.39 is 0 Å². The van der Waals surface area contributed by atoms with Crippen LogP contribution >= 0.6 is 0 Å². The molecular weight excluding hydrogens is 298 g/mol. The summed E-state index contributed by atoms with van der Waals surface area (Å²) in [7, 11) is 0. The molecule has 0 radical (unpaired) electrons. The molecule has 3 aromatic carbocycles. The minimum Gasteiger partial charge on any atom is -0.439 e. The summed E-state index contributed by atoms with van der Waals surface area (Å²) in [5.41, 5.74) is 4.31. The summed E-state index contributed by atoms with van der Waals surface area (Å²) in [4.78, 5) is 11.8. The number of cyclic esters (lactones) is 1. The van der Waals surface area contributed by atoms with Crippen LogP contribution in [0.15, 0.2) is 84.9 Å². The summed E-state index contributed by atoms with van der Waals surface area (Å²) in [5.74, 6) is 0. The van der Waals surface area contributed by atoms with Gasteiger partial charge in [0.25, 0.3) is 0 Å². The third-order valence-electron chi connectivity index (χ3n) is 4.29. The zero-order valence-electron chi connectivity index (χ0n) is 13.1. The SMILES string of the molecule is O=C1N[C@@H](c2cccc(-c3ccccc3)c2)[C@@H](c2ccccc2)O1. The predicted molar refractivity (Wildman–Crippen MR) is 93.4 cm³/mol. The number of carbonyl (C=O) groups is 1. The molecule has 1 N–H and O–H groups in total. The third kappa shape index (κ3) is 2.76. The van der Waals surface area contributed by atoms with Gasteiger partial charge < -0.3 is 10.1 Å². The fraction of sp³-hybridized carbons (Fsp3) is 0.0952. The molecule has 4 rings (SSSR count). The number of benzene rings is 3. The second-order valence-electron chi connectivity index (χ2n) is 5.85. The van der Waals surface area contributed by atoms with Crippen LogP contribution in [0.5, 0.6) is 0 Å². The second kappa shape index (κ2) is 6.20. The van der Waals surface area contributed by atoms with Gasteiger partial charge in [0.05, 0.1) is 6.04 Å². The van der Waals surface area contributed by atoms with Gasteiger partial charge in [-0.3, -0.25) is 0 Å². The van der Waals surface area contributed by atoms with Crippen LogP contribution in [0.25, 0.3) is 11.1 Å². The van der Waals surface area contributed by atoms with Gasteiger partial charge in [-0.1, -0.05) is 78.9 Å². The molecular formula is C21H17NO2. The largest absolute Gasteiger partial charge is 0.439 e. The summed E-state index contributed by atoms with van der Waals surface area (Å²) < 4.78 is 5.51. The summed E-state index contributed by atoms with van der Waals surface area (Å²) in [6.45, 7) is 0. The van der Waals surface area contributed by atoms with E-state index in [1.807, 2.05) is 60.7 Å². The molecule has 0 aromatic heterocycles. The summed E-state index contributed by atoms with van der Waals surface area (Å²) in [6, 6.07) is 28.1. The number of hydrogen-bond acceptors (Lipinski definition) is 2. The Labute approximate surface area is 140 Å². The van der Waals surface area contributed by atoms with E-state index in [1.165, 1.54) is 0 Å². The maximum atomic E-state index is 11.8. The molecule has 1 saturated heterocycles. The van der Waals surface area contributed by atoms with Crippen molar-refractivity contribution >= 4 is 6.09 Å². The molecule has 1 aliphatic heterocycles. The van der Waals surface area contributed by atoms with Crippen LogP contribution in [-0.4, -0.2) is 6.09 Å². The van der Waals surface area contributed by atoms with Gasteiger partial charge in [-0.05, 0) is 28.3 Å². The minimum absolute atomic E-state index is 0.191. The van der Waals surface area contributed by atoms with Gasteiger partial charge in [0.15, 0.2) is 6.10 Å². The van der Waals surface area contributed by atoms with E-state index in [0.29, 0.717) is 0 Å². The first kappa shape index (κ1) is 14.5. The van der Waals surface area contributed by atoms with Crippen molar-refractivity contribution in [1.82, 2.24) is 5.32 Å². The Morgan fingerprint density at radius 2 is 1.33 bits per heavy atom.